The van der Waals surface area contributed by atoms with E-state index in [1.807, 2.05) is 12.1 Å². The molecule has 0 unspecified atom stereocenters. The summed E-state index contributed by atoms with van der Waals surface area (Å²) in [5.74, 6) is -1.05. The van der Waals surface area contributed by atoms with Crippen LogP contribution in [0.25, 0.3) is 0 Å². The number of furan rings is 1. The van der Waals surface area contributed by atoms with Crippen molar-refractivity contribution in [2.75, 3.05) is 5.32 Å². The number of benzene rings is 1. The molecule has 132 valence electrons. The summed E-state index contributed by atoms with van der Waals surface area (Å²) in [5.41, 5.74) is 1.53. The predicted octanol–water partition coefficient (Wildman–Crippen LogP) is 2.79. The third-order valence-corrected chi connectivity index (χ3v) is 3.49. The van der Waals surface area contributed by atoms with Gasteiger partial charge in [0.1, 0.15) is 0 Å². The Morgan fingerprint density at radius 2 is 1.72 bits per heavy atom. The van der Waals surface area contributed by atoms with Gasteiger partial charge in [-0.15, -0.1) is 0 Å². The standard InChI is InChI=1S/C18H20N2O5/c21-16(5-1-2-6-17(22)23)19-12-13-7-9-14(10-8-13)20-18(24)15-4-3-11-25-15/h3-4,7-11H,1-2,5-6,12H2,(H,19,21)(H,20,24)(H,22,23). The van der Waals surface area contributed by atoms with Crippen LogP contribution in [0.4, 0.5) is 5.69 Å². The Balaban J connectivity index is 1.72. The Kier molecular flexibility index (Phi) is 6.76. The van der Waals surface area contributed by atoms with Crippen molar-refractivity contribution in [3.63, 3.8) is 0 Å². The topological polar surface area (TPSA) is 109 Å². The van der Waals surface area contributed by atoms with Crippen molar-refractivity contribution in [2.45, 2.75) is 32.2 Å². The Morgan fingerprint density at radius 3 is 2.36 bits per heavy atom. The summed E-state index contributed by atoms with van der Waals surface area (Å²) in [4.78, 5) is 33.9. The summed E-state index contributed by atoms with van der Waals surface area (Å²) in [6.07, 6.45) is 2.87. The Bertz CT molecular complexity index is 708. The molecule has 0 aliphatic heterocycles. The molecule has 0 saturated heterocycles. The summed E-state index contributed by atoms with van der Waals surface area (Å²) in [6, 6.07) is 10.3. The highest BCUT2D eigenvalue weighted by Crippen LogP contribution is 2.12. The molecule has 0 aliphatic carbocycles. The normalized spacial score (nSPS) is 10.2. The molecule has 0 radical (unpaired) electrons. The van der Waals surface area contributed by atoms with Crippen LogP contribution in [0.3, 0.4) is 0 Å². The van der Waals surface area contributed by atoms with Crippen molar-refractivity contribution in [1.29, 1.82) is 0 Å². The molecule has 7 heteroatoms. The van der Waals surface area contributed by atoms with Crippen LogP contribution in [0.1, 0.15) is 41.8 Å². The molecule has 25 heavy (non-hydrogen) atoms. The second-order valence-electron chi connectivity index (χ2n) is 5.51. The predicted molar refractivity (Wildman–Crippen MR) is 91.1 cm³/mol. The van der Waals surface area contributed by atoms with E-state index in [4.69, 9.17) is 9.52 Å². The van der Waals surface area contributed by atoms with Crippen LogP contribution >= 0.6 is 0 Å². The van der Waals surface area contributed by atoms with E-state index in [1.165, 1.54) is 6.26 Å². The average Bonchev–Trinajstić information content (AvgIpc) is 3.13. The molecule has 2 amide bonds. The number of hydrogen-bond donors (Lipinski definition) is 3. The van der Waals surface area contributed by atoms with Crippen molar-refractivity contribution in [1.82, 2.24) is 5.32 Å². The van der Waals surface area contributed by atoms with E-state index in [9.17, 15) is 14.4 Å². The van der Waals surface area contributed by atoms with Crippen LogP contribution in [0.2, 0.25) is 0 Å². The van der Waals surface area contributed by atoms with Gasteiger partial charge in [-0.3, -0.25) is 14.4 Å². The minimum atomic E-state index is -0.848. The van der Waals surface area contributed by atoms with Gasteiger partial charge in [0, 0.05) is 25.1 Å². The highest BCUT2D eigenvalue weighted by atomic mass is 16.4. The first-order valence-corrected chi connectivity index (χ1v) is 7.97. The van der Waals surface area contributed by atoms with Gasteiger partial charge in [0.25, 0.3) is 5.91 Å². The number of carbonyl (C=O) groups is 3. The highest BCUT2D eigenvalue weighted by Gasteiger charge is 2.08. The number of nitrogens with one attached hydrogen (secondary N) is 2. The van der Waals surface area contributed by atoms with Crippen molar-refractivity contribution in [2.24, 2.45) is 0 Å². The molecule has 0 bridgehead atoms. The molecule has 1 aromatic heterocycles. The van der Waals surface area contributed by atoms with E-state index in [2.05, 4.69) is 10.6 Å². The van der Waals surface area contributed by atoms with Gasteiger partial charge in [0.05, 0.1) is 6.26 Å². The maximum Gasteiger partial charge on any atom is 0.303 e. The average molecular weight is 344 g/mol. The first kappa shape index (κ1) is 18.3. The number of rotatable bonds is 9. The number of hydrogen-bond acceptors (Lipinski definition) is 4. The van der Waals surface area contributed by atoms with E-state index in [0.29, 0.717) is 31.5 Å². The fraction of sp³-hybridized carbons (Fsp3) is 0.278. The maximum atomic E-state index is 11.8. The molecule has 7 nitrogen and oxygen atoms in total. The van der Waals surface area contributed by atoms with E-state index in [-0.39, 0.29) is 24.0 Å². The number of carboxylic acids is 1. The molecule has 2 aromatic rings. The molecule has 3 N–H and O–H groups in total. The smallest absolute Gasteiger partial charge is 0.303 e. The van der Waals surface area contributed by atoms with Crippen LogP contribution in [0.5, 0.6) is 0 Å². The molecule has 0 fully saturated rings. The van der Waals surface area contributed by atoms with Crippen LogP contribution in [-0.2, 0) is 16.1 Å². The Labute approximate surface area is 145 Å². The van der Waals surface area contributed by atoms with Gasteiger partial charge in [-0.05, 0) is 42.7 Å². The number of carboxylic acid groups (broad SMARTS) is 1. The molecule has 0 saturated carbocycles. The van der Waals surface area contributed by atoms with Gasteiger partial charge < -0.3 is 20.2 Å². The van der Waals surface area contributed by atoms with Crippen LogP contribution < -0.4 is 10.6 Å². The Morgan fingerprint density at radius 1 is 1.00 bits per heavy atom. The monoisotopic (exact) mass is 344 g/mol. The maximum absolute atomic E-state index is 11.8. The molecule has 0 aliphatic rings. The minimum absolute atomic E-state index is 0.0818. The van der Waals surface area contributed by atoms with Crippen LogP contribution in [0, 0.1) is 0 Å². The van der Waals surface area contributed by atoms with Gasteiger partial charge in [-0.2, -0.15) is 0 Å². The Hall–Kier alpha value is -3.09. The lowest BCUT2D eigenvalue weighted by atomic mass is 10.1. The second-order valence-corrected chi connectivity index (χ2v) is 5.51. The molecule has 1 aromatic carbocycles. The number of aliphatic carboxylic acids is 1. The van der Waals surface area contributed by atoms with E-state index < -0.39 is 5.97 Å². The molecule has 0 spiro atoms. The zero-order valence-corrected chi connectivity index (χ0v) is 13.7. The molecular formula is C18H20N2O5. The quantitative estimate of drug-likeness (QED) is 0.606. The second kappa shape index (κ2) is 9.27. The summed E-state index contributed by atoms with van der Waals surface area (Å²) in [7, 11) is 0. The van der Waals surface area contributed by atoms with E-state index in [0.717, 1.165) is 5.56 Å². The van der Waals surface area contributed by atoms with Gasteiger partial charge in [-0.25, -0.2) is 0 Å². The van der Waals surface area contributed by atoms with Gasteiger partial charge in [0.2, 0.25) is 5.91 Å². The lowest BCUT2D eigenvalue weighted by Gasteiger charge is -2.07. The fourth-order valence-electron chi connectivity index (χ4n) is 2.16. The zero-order chi connectivity index (χ0) is 18.1. The highest BCUT2D eigenvalue weighted by molar-refractivity contribution is 6.02. The molecule has 0 atom stereocenters. The third kappa shape index (κ3) is 6.50. The van der Waals surface area contributed by atoms with Crippen LogP contribution in [0.15, 0.2) is 47.1 Å². The van der Waals surface area contributed by atoms with Crippen molar-refractivity contribution in [3.05, 3.63) is 54.0 Å². The molecular weight excluding hydrogens is 324 g/mol. The number of anilines is 1. The lowest BCUT2D eigenvalue weighted by molar-refractivity contribution is -0.137. The van der Waals surface area contributed by atoms with Gasteiger partial charge >= 0.3 is 5.97 Å². The molecule has 2 rings (SSSR count). The van der Waals surface area contributed by atoms with Crippen molar-refractivity contribution in [3.8, 4) is 0 Å². The van der Waals surface area contributed by atoms with E-state index in [1.54, 1.807) is 24.3 Å². The largest absolute Gasteiger partial charge is 0.481 e. The zero-order valence-electron chi connectivity index (χ0n) is 13.7. The lowest BCUT2D eigenvalue weighted by Crippen LogP contribution is -2.22. The third-order valence-electron chi connectivity index (χ3n) is 3.49. The summed E-state index contributed by atoms with van der Waals surface area (Å²) in [5, 5.41) is 14.0. The van der Waals surface area contributed by atoms with Crippen molar-refractivity contribution < 1.29 is 23.9 Å². The first-order chi connectivity index (χ1) is 12.0. The number of unbranched alkanes of at least 4 members (excludes halogenated alkanes) is 1. The fourth-order valence-corrected chi connectivity index (χ4v) is 2.16. The van der Waals surface area contributed by atoms with Gasteiger partial charge in [-0.1, -0.05) is 12.1 Å². The summed E-state index contributed by atoms with van der Waals surface area (Å²) >= 11 is 0. The molecule has 1 heterocycles. The SMILES string of the molecule is O=C(O)CCCCC(=O)NCc1ccc(NC(=O)c2ccco2)cc1. The number of amides is 2. The first-order valence-electron chi connectivity index (χ1n) is 7.97. The summed E-state index contributed by atoms with van der Waals surface area (Å²) < 4.78 is 5.02. The minimum Gasteiger partial charge on any atom is -0.481 e. The number of carbonyl (C=O) groups excluding carboxylic acids is 2. The summed E-state index contributed by atoms with van der Waals surface area (Å²) in [6.45, 7) is 0.379. The van der Waals surface area contributed by atoms with Crippen LogP contribution in [-0.4, -0.2) is 22.9 Å². The van der Waals surface area contributed by atoms with Gasteiger partial charge in [0.15, 0.2) is 5.76 Å². The van der Waals surface area contributed by atoms with E-state index >= 15 is 0 Å². The van der Waals surface area contributed by atoms with Crippen molar-refractivity contribution >= 4 is 23.5 Å².